The summed E-state index contributed by atoms with van der Waals surface area (Å²) in [7, 11) is -4.16. The molecule has 124 valence electrons. The average molecular weight is 335 g/mol. The normalized spacial score (nSPS) is 11.3. The van der Waals surface area contributed by atoms with E-state index in [9.17, 15) is 8.42 Å². The van der Waals surface area contributed by atoms with E-state index in [-0.39, 0.29) is 4.90 Å². The first-order valence-electron chi connectivity index (χ1n) is 7.42. The highest BCUT2D eigenvalue weighted by Gasteiger charge is 2.09. The van der Waals surface area contributed by atoms with Crippen LogP contribution >= 0.6 is 0 Å². The van der Waals surface area contributed by atoms with Crippen molar-refractivity contribution in [3.63, 3.8) is 0 Å². The number of hydrogen-bond acceptors (Lipinski definition) is 4. The maximum absolute atomic E-state index is 11.0. The van der Waals surface area contributed by atoms with Crippen LogP contribution in [0.4, 0.5) is 5.69 Å². The number of rotatable bonds is 7. The molecule has 0 aliphatic carbocycles. The van der Waals surface area contributed by atoms with E-state index in [0.29, 0.717) is 12.4 Å². The predicted molar refractivity (Wildman–Crippen MR) is 90.8 cm³/mol. The molecule has 0 aliphatic heterocycles. The fourth-order valence-electron chi connectivity index (χ4n) is 2.28. The van der Waals surface area contributed by atoms with Crippen LogP contribution in [0.5, 0.6) is 5.75 Å². The molecular weight excluding hydrogens is 314 g/mol. The number of likely N-dealkylation sites (N-methyl/N-ethyl adjacent to an activating group) is 1. The van der Waals surface area contributed by atoms with Gasteiger partial charge in [-0.2, -0.15) is 8.42 Å². The lowest BCUT2D eigenvalue weighted by Crippen LogP contribution is -2.28. The molecule has 1 N–H and O–H groups in total. The molecular formula is C17H21NO4S. The SMILES string of the molecule is CCN(CCOc1ccc(S(=O)(=O)O)cc1)c1cccc(C)c1. The zero-order valence-corrected chi connectivity index (χ0v) is 14.1. The Morgan fingerprint density at radius 2 is 1.83 bits per heavy atom. The van der Waals surface area contributed by atoms with Gasteiger partial charge in [0, 0.05) is 12.2 Å². The molecule has 2 rings (SSSR count). The van der Waals surface area contributed by atoms with Crippen molar-refractivity contribution in [3.8, 4) is 5.75 Å². The quantitative estimate of drug-likeness (QED) is 0.787. The van der Waals surface area contributed by atoms with Crippen LogP contribution in [0.3, 0.4) is 0 Å². The predicted octanol–water partition coefficient (Wildman–Crippen LogP) is 3.15. The Balaban J connectivity index is 1.93. The van der Waals surface area contributed by atoms with E-state index in [1.165, 1.54) is 29.8 Å². The van der Waals surface area contributed by atoms with Crippen molar-refractivity contribution in [2.24, 2.45) is 0 Å². The number of hydrogen-bond donors (Lipinski definition) is 1. The smallest absolute Gasteiger partial charge is 0.294 e. The van der Waals surface area contributed by atoms with E-state index < -0.39 is 10.1 Å². The average Bonchev–Trinajstić information content (AvgIpc) is 2.51. The molecule has 0 atom stereocenters. The lowest BCUT2D eigenvalue weighted by atomic mass is 10.2. The summed E-state index contributed by atoms with van der Waals surface area (Å²) in [5.41, 5.74) is 2.36. The molecule has 0 saturated carbocycles. The van der Waals surface area contributed by atoms with E-state index in [1.54, 1.807) is 0 Å². The highest BCUT2D eigenvalue weighted by molar-refractivity contribution is 7.85. The first-order chi connectivity index (χ1) is 10.9. The van der Waals surface area contributed by atoms with Crippen molar-refractivity contribution in [1.29, 1.82) is 0 Å². The summed E-state index contributed by atoms with van der Waals surface area (Å²) in [6.45, 7) is 6.22. The second-order valence-electron chi connectivity index (χ2n) is 5.21. The number of anilines is 1. The summed E-state index contributed by atoms with van der Waals surface area (Å²) >= 11 is 0. The Hall–Kier alpha value is -2.05. The zero-order chi connectivity index (χ0) is 16.9. The third-order valence-electron chi connectivity index (χ3n) is 3.50. The largest absolute Gasteiger partial charge is 0.492 e. The molecule has 0 spiro atoms. The molecule has 2 aromatic carbocycles. The van der Waals surface area contributed by atoms with Crippen molar-refractivity contribution in [2.75, 3.05) is 24.6 Å². The third kappa shape index (κ3) is 4.97. The van der Waals surface area contributed by atoms with Crippen LogP contribution < -0.4 is 9.64 Å². The van der Waals surface area contributed by atoms with Crippen LogP contribution in [-0.2, 0) is 10.1 Å². The van der Waals surface area contributed by atoms with Gasteiger partial charge in [0.2, 0.25) is 0 Å². The molecule has 0 amide bonds. The Labute approximate surface area is 137 Å². The van der Waals surface area contributed by atoms with Gasteiger partial charge in [0.25, 0.3) is 10.1 Å². The molecule has 5 nitrogen and oxygen atoms in total. The first kappa shape index (κ1) is 17.3. The Kier molecular flexibility index (Phi) is 5.63. The Morgan fingerprint density at radius 3 is 2.39 bits per heavy atom. The van der Waals surface area contributed by atoms with Crippen molar-refractivity contribution in [3.05, 3.63) is 54.1 Å². The van der Waals surface area contributed by atoms with Crippen LogP contribution in [0, 0.1) is 6.92 Å². The van der Waals surface area contributed by atoms with Crippen molar-refractivity contribution in [1.82, 2.24) is 0 Å². The van der Waals surface area contributed by atoms with Gasteiger partial charge in [0.15, 0.2) is 0 Å². The second-order valence-corrected chi connectivity index (χ2v) is 6.64. The Morgan fingerprint density at radius 1 is 1.13 bits per heavy atom. The minimum atomic E-state index is -4.16. The molecule has 6 heteroatoms. The van der Waals surface area contributed by atoms with Gasteiger partial charge in [-0.15, -0.1) is 0 Å². The van der Waals surface area contributed by atoms with Gasteiger partial charge in [-0.05, 0) is 55.8 Å². The molecule has 0 radical (unpaired) electrons. The van der Waals surface area contributed by atoms with E-state index in [0.717, 1.165) is 18.8 Å². The van der Waals surface area contributed by atoms with Crippen LogP contribution in [-0.4, -0.2) is 32.7 Å². The number of ether oxygens (including phenoxy) is 1. The van der Waals surface area contributed by atoms with Crippen LogP contribution in [0.2, 0.25) is 0 Å². The van der Waals surface area contributed by atoms with Crippen LogP contribution in [0.15, 0.2) is 53.4 Å². The lowest BCUT2D eigenvalue weighted by Gasteiger charge is -2.23. The summed E-state index contributed by atoms with van der Waals surface area (Å²) in [5.74, 6) is 0.567. The maximum atomic E-state index is 11.0. The lowest BCUT2D eigenvalue weighted by molar-refractivity contribution is 0.324. The maximum Gasteiger partial charge on any atom is 0.294 e. The third-order valence-corrected chi connectivity index (χ3v) is 4.37. The molecule has 0 heterocycles. The minimum absolute atomic E-state index is 0.139. The monoisotopic (exact) mass is 335 g/mol. The zero-order valence-electron chi connectivity index (χ0n) is 13.3. The standard InChI is InChI=1S/C17H21NO4S/c1-3-18(15-6-4-5-14(2)13-15)11-12-22-16-7-9-17(10-8-16)23(19,20)21/h4-10,13H,3,11-12H2,1-2H3,(H,19,20,21). The van der Waals surface area contributed by atoms with Crippen molar-refractivity contribution in [2.45, 2.75) is 18.7 Å². The number of aryl methyl sites for hydroxylation is 1. The number of nitrogens with zero attached hydrogens (tertiary/aromatic N) is 1. The highest BCUT2D eigenvalue weighted by Crippen LogP contribution is 2.17. The van der Waals surface area contributed by atoms with Gasteiger partial charge in [-0.3, -0.25) is 4.55 Å². The molecule has 0 fully saturated rings. The summed E-state index contributed by atoms with van der Waals surface area (Å²) < 4.78 is 36.5. The van der Waals surface area contributed by atoms with Gasteiger partial charge in [0.1, 0.15) is 12.4 Å². The fourth-order valence-corrected chi connectivity index (χ4v) is 2.76. The number of benzene rings is 2. The fraction of sp³-hybridized carbons (Fsp3) is 0.294. The van der Waals surface area contributed by atoms with Gasteiger partial charge in [-0.25, -0.2) is 0 Å². The van der Waals surface area contributed by atoms with Gasteiger partial charge >= 0.3 is 0 Å². The van der Waals surface area contributed by atoms with Crippen molar-refractivity contribution >= 4 is 15.8 Å². The molecule has 0 bridgehead atoms. The molecule has 0 aliphatic rings. The van der Waals surface area contributed by atoms with E-state index >= 15 is 0 Å². The first-order valence-corrected chi connectivity index (χ1v) is 8.86. The molecule has 0 aromatic heterocycles. The van der Waals surface area contributed by atoms with E-state index in [1.807, 2.05) is 6.07 Å². The Bertz CT molecular complexity index is 741. The van der Waals surface area contributed by atoms with Gasteiger partial charge in [0.05, 0.1) is 11.4 Å². The van der Waals surface area contributed by atoms with E-state index in [4.69, 9.17) is 9.29 Å². The van der Waals surface area contributed by atoms with Crippen LogP contribution in [0.1, 0.15) is 12.5 Å². The summed E-state index contributed by atoms with van der Waals surface area (Å²) in [6, 6.07) is 14.0. The molecule has 23 heavy (non-hydrogen) atoms. The summed E-state index contributed by atoms with van der Waals surface area (Å²) in [4.78, 5) is 2.07. The summed E-state index contributed by atoms with van der Waals surface area (Å²) in [6.07, 6.45) is 0. The molecule has 2 aromatic rings. The van der Waals surface area contributed by atoms with E-state index in [2.05, 4.69) is 36.9 Å². The molecule has 0 unspecified atom stereocenters. The second kappa shape index (κ2) is 7.48. The highest BCUT2D eigenvalue weighted by atomic mass is 32.2. The topological polar surface area (TPSA) is 66.8 Å². The summed E-state index contributed by atoms with van der Waals surface area (Å²) in [5, 5.41) is 0. The van der Waals surface area contributed by atoms with Crippen LogP contribution in [0.25, 0.3) is 0 Å². The van der Waals surface area contributed by atoms with Crippen molar-refractivity contribution < 1.29 is 17.7 Å². The van der Waals surface area contributed by atoms with Gasteiger partial charge in [-0.1, -0.05) is 12.1 Å². The molecule has 0 saturated heterocycles. The minimum Gasteiger partial charge on any atom is -0.492 e. The van der Waals surface area contributed by atoms with Gasteiger partial charge < -0.3 is 9.64 Å².